The molecule has 0 aliphatic carbocycles. The van der Waals surface area contributed by atoms with Crippen LogP contribution in [0, 0.1) is 0 Å². The van der Waals surface area contributed by atoms with Gasteiger partial charge in [-0.05, 0) is 28.5 Å². The molecular formula is C19H19NO3. The van der Waals surface area contributed by atoms with Crippen molar-refractivity contribution in [3.8, 4) is 17.2 Å². The summed E-state index contributed by atoms with van der Waals surface area (Å²) in [6, 6.07) is 15.2. The van der Waals surface area contributed by atoms with Crippen molar-refractivity contribution < 1.29 is 14.6 Å². The fraction of sp³-hybridized carbons (Fsp3) is 0.158. The fourth-order valence-electron chi connectivity index (χ4n) is 2.79. The molecule has 0 saturated carbocycles. The summed E-state index contributed by atoms with van der Waals surface area (Å²) in [6.07, 6.45) is 0.513. The van der Waals surface area contributed by atoms with Gasteiger partial charge in [0.2, 0.25) is 0 Å². The number of aromatic hydroxyl groups is 1. The molecular weight excluding hydrogens is 290 g/mol. The van der Waals surface area contributed by atoms with E-state index in [9.17, 15) is 5.11 Å². The number of phenols is 1. The number of hydrogen-bond acceptors (Lipinski definition) is 4. The molecule has 0 fully saturated rings. The van der Waals surface area contributed by atoms with Crippen LogP contribution in [0.5, 0.6) is 17.2 Å². The largest absolute Gasteiger partial charge is 0.508 e. The van der Waals surface area contributed by atoms with Crippen LogP contribution in [0.15, 0.2) is 48.5 Å². The Bertz CT molecular complexity index is 859. The molecule has 0 aliphatic rings. The molecule has 0 radical (unpaired) electrons. The summed E-state index contributed by atoms with van der Waals surface area (Å²) in [6.45, 7) is 0. The molecule has 0 bridgehead atoms. The van der Waals surface area contributed by atoms with Crippen molar-refractivity contribution in [3.05, 3.63) is 59.7 Å². The smallest absolute Gasteiger partial charge is 0.162 e. The maximum atomic E-state index is 10.3. The van der Waals surface area contributed by atoms with Gasteiger partial charge in [0.05, 0.1) is 14.2 Å². The average molecular weight is 309 g/mol. The van der Waals surface area contributed by atoms with Crippen molar-refractivity contribution in [2.24, 2.45) is 0 Å². The minimum atomic E-state index is 0.262. The highest BCUT2D eigenvalue weighted by molar-refractivity contribution is 5.88. The zero-order valence-electron chi connectivity index (χ0n) is 13.2. The average Bonchev–Trinajstić information content (AvgIpc) is 2.58. The molecule has 23 heavy (non-hydrogen) atoms. The zero-order valence-corrected chi connectivity index (χ0v) is 13.2. The monoisotopic (exact) mass is 309 g/mol. The quantitative estimate of drug-likeness (QED) is 0.721. The van der Waals surface area contributed by atoms with Gasteiger partial charge >= 0.3 is 0 Å². The zero-order chi connectivity index (χ0) is 16.4. The van der Waals surface area contributed by atoms with E-state index in [-0.39, 0.29) is 5.75 Å². The van der Waals surface area contributed by atoms with E-state index in [4.69, 9.17) is 15.2 Å². The number of phenolic OH excluding ortho intramolecular Hbond substituents is 1. The lowest BCUT2D eigenvalue weighted by molar-refractivity contribution is 0.355. The number of ether oxygens (including phenoxy) is 2. The second kappa shape index (κ2) is 6.08. The number of fused-ring (bicyclic) bond motifs is 1. The Morgan fingerprint density at radius 1 is 0.957 bits per heavy atom. The molecule has 118 valence electrons. The van der Waals surface area contributed by atoms with E-state index in [0.717, 1.165) is 21.9 Å². The molecule has 4 heteroatoms. The molecule has 0 aromatic heterocycles. The molecule has 0 spiro atoms. The van der Waals surface area contributed by atoms with Gasteiger partial charge in [0.1, 0.15) is 5.75 Å². The summed E-state index contributed by atoms with van der Waals surface area (Å²) >= 11 is 0. The van der Waals surface area contributed by atoms with Gasteiger partial charge in [0, 0.05) is 23.7 Å². The van der Waals surface area contributed by atoms with Crippen LogP contribution in [0.1, 0.15) is 11.1 Å². The highest BCUT2D eigenvalue weighted by atomic mass is 16.5. The van der Waals surface area contributed by atoms with E-state index < -0.39 is 0 Å². The number of rotatable bonds is 4. The minimum Gasteiger partial charge on any atom is -0.508 e. The van der Waals surface area contributed by atoms with Crippen LogP contribution in [-0.4, -0.2) is 19.3 Å². The number of nitrogens with two attached hydrogens (primary N) is 1. The molecule has 3 aromatic rings. The lowest BCUT2D eigenvalue weighted by Gasteiger charge is -2.14. The molecule has 3 aromatic carbocycles. The summed E-state index contributed by atoms with van der Waals surface area (Å²) in [5.74, 6) is 1.48. The predicted octanol–water partition coefficient (Wildman–Crippen LogP) is 3.74. The van der Waals surface area contributed by atoms with E-state index in [1.165, 1.54) is 0 Å². The first kappa shape index (κ1) is 15.0. The van der Waals surface area contributed by atoms with Gasteiger partial charge in [-0.25, -0.2) is 0 Å². The molecule has 0 unspecified atom stereocenters. The summed E-state index contributed by atoms with van der Waals surface area (Å²) in [5, 5.41) is 12.4. The maximum absolute atomic E-state index is 10.3. The van der Waals surface area contributed by atoms with E-state index in [0.29, 0.717) is 23.6 Å². The first-order valence-corrected chi connectivity index (χ1v) is 7.34. The highest BCUT2D eigenvalue weighted by Gasteiger charge is 2.13. The van der Waals surface area contributed by atoms with Crippen molar-refractivity contribution >= 4 is 16.5 Å². The van der Waals surface area contributed by atoms with Gasteiger partial charge in [-0.2, -0.15) is 0 Å². The van der Waals surface area contributed by atoms with Gasteiger partial charge in [-0.1, -0.05) is 30.3 Å². The third-order valence-corrected chi connectivity index (χ3v) is 4.03. The molecule has 0 atom stereocenters. The fourth-order valence-corrected chi connectivity index (χ4v) is 2.79. The van der Waals surface area contributed by atoms with Gasteiger partial charge in [0.15, 0.2) is 11.5 Å². The van der Waals surface area contributed by atoms with Crippen molar-refractivity contribution in [1.29, 1.82) is 0 Å². The summed E-state index contributed by atoms with van der Waals surface area (Å²) < 4.78 is 10.6. The molecule has 0 saturated heterocycles. The topological polar surface area (TPSA) is 64.7 Å². The number of hydrogen-bond donors (Lipinski definition) is 2. The van der Waals surface area contributed by atoms with Crippen LogP contribution in [0.3, 0.4) is 0 Å². The first-order chi connectivity index (χ1) is 11.1. The Hall–Kier alpha value is -2.88. The van der Waals surface area contributed by atoms with Gasteiger partial charge in [0.25, 0.3) is 0 Å². The molecule has 0 aliphatic heterocycles. The van der Waals surface area contributed by atoms with Gasteiger partial charge < -0.3 is 20.3 Å². The standard InChI is InChI=1S/C19H19NO3/c1-22-18-10-13(16(20)11-19(18)23-2)9-15-14-6-4-3-5-12(14)7-8-17(15)21/h3-8,10-11,21H,9,20H2,1-2H3. The lowest BCUT2D eigenvalue weighted by Crippen LogP contribution is -2.00. The van der Waals surface area contributed by atoms with E-state index >= 15 is 0 Å². The van der Waals surface area contributed by atoms with Crippen LogP contribution in [0.4, 0.5) is 5.69 Å². The van der Waals surface area contributed by atoms with E-state index in [2.05, 4.69) is 0 Å². The van der Waals surface area contributed by atoms with Crippen LogP contribution in [-0.2, 0) is 6.42 Å². The predicted molar refractivity (Wildman–Crippen MR) is 92.4 cm³/mol. The Morgan fingerprint density at radius 3 is 2.39 bits per heavy atom. The van der Waals surface area contributed by atoms with Gasteiger partial charge in [-0.15, -0.1) is 0 Å². The first-order valence-electron chi connectivity index (χ1n) is 7.34. The second-order valence-electron chi connectivity index (χ2n) is 5.37. The van der Waals surface area contributed by atoms with Crippen LogP contribution in [0.25, 0.3) is 10.8 Å². The number of methoxy groups -OCH3 is 2. The van der Waals surface area contributed by atoms with Crippen molar-refractivity contribution in [3.63, 3.8) is 0 Å². The lowest BCUT2D eigenvalue weighted by atomic mass is 9.96. The molecule has 0 amide bonds. The second-order valence-corrected chi connectivity index (χ2v) is 5.37. The number of anilines is 1. The number of benzene rings is 3. The maximum Gasteiger partial charge on any atom is 0.162 e. The summed E-state index contributed by atoms with van der Waals surface area (Å²) in [7, 11) is 3.17. The minimum absolute atomic E-state index is 0.262. The third-order valence-electron chi connectivity index (χ3n) is 4.03. The molecule has 3 N–H and O–H groups in total. The number of nitrogen functional groups attached to an aromatic ring is 1. The normalized spacial score (nSPS) is 10.7. The third kappa shape index (κ3) is 2.75. The summed E-state index contributed by atoms with van der Waals surface area (Å²) in [5.41, 5.74) is 8.48. The van der Waals surface area contributed by atoms with Gasteiger partial charge in [-0.3, -0.25) is 0 Å². The molecule has 0 heterocycles. The van der Waals surface area contributed by atoms with Crippen LogP contribution in [0.2, 0.25) is 0 Å². The Morgan fingerprint density at radius 2 is 1.65 bits per heavy atom. The van der Waals surface area contributed by atoms with E-state index in [1.54, 1.807) is 26.4 Å². The van der Waals surface area contributed by atoms with Crippen LogP contribution < -0.4 is 15.2 Å². The Balaban J connectivity index is 2.11. The van der Waals surface area contributed by atoms with Crippen molar-refractivity contribution in [1.82, 2.24) is 0 Å². The van der Waals surface area contributed by atoms with E-state index in [1.807, 2.05) is 36.4 Å². The Kier molecular flexibility index (Phi) is 3.98. The van der Waals surface area contributed by atoms with Crippen LogP contribution >= 0.6 is 0 Å². The van der Waals surface area contributed by atoms with Crippen molar-refractivity contribution in [2.75, 3.05) is 20.0 Å². The summed E-state index contributed by atoms with van der Waals surface area (Å²) in [4.78, 5) is 0. The highest BCUT2D eigenvalue weighted by Crippen LogP contribution is 2.35. The SMILES string of the molecule is COc1cc(N)c(Cc2c(O)ccc3ccccc23)cc1OC. The molecule has 4 nitrogen and oxygen atoms in total. The molecule has 3 rings (SSSR count). The van der Waals surface area contributed by atoms with Crippen molar-refractivity contribution in [2.45, 2.75) is 6.42 Å². The Labute approximate surface area is 135 Å².